The Morgan fingerprint density at radius 3 is 3.00 bits per heavy atom. The molecule has 1 aromatic heterocycles. The van der Waals surface area contributed by atoms with Crippen LogP contribution in [0.2, 0.25) is 0 Å². The summed E-state index contributed by atoms with van der Waals surface area (Å²) in [6.07, 6.45) is 1.37. The Morgan fingerprint density at radius 2 is 2.24 bits per heavy atom. The van der Waals surface area contributed by atoms with Crippen molar-refractivity contribution in [2.45, 2.75) is 25.8 Å². The van der Waals surface area contributed by atoms with Crippen molar-refractivity contribution < 1.29 is 14.7 Å². The number of aromatic nitrogens is 1. The molecule has 2 atom stereocenters. The van der Waals surface area contributed by atoms with E-state index in [0.29, 0.717) is 18.5 Å². The first-order valence-electron chi connectivity index (χ1n) is 6.95. The summed E-state index contributed by atoms with van der Waals surface area (Å²) in [6.45, 7) is 2.44. The Morgan fingerprint density at radius 1 is 1.43 bits per heavy atom. The van der Waals surface area contributed by atoms with Crippen LogP contribution in [0.15, 0.2) is 23.7 Å². The minimum atomic E-state index is -0.821. The van der Waals surface area contributed by atoms with Gasteiger partial charge in [0.05, 0.1) is 21.6 Å². The third kappa shape index (κ3) is 2.51. The summed E-state index contributed by atoms with van der Waals surface area (Å²) in [5.41, 5.74) is 3.24. The van der Waals surface area contributed by atoms with E-state index in [-0.39, 0.29) is 11.9 Å². The monoisotopic (exact) mass is 304 g/mol. The van der Waals surface area contributed by atoms with Crippen LogP contribution < -0.4 is 0 Å². The van der Waals surface area contributed by atoms with Gasteiger partial charge in [-0.1, -0.05) is 0 Å². The summed E-state index contributed by atoms with van der Waals surface area (Å²) < 4.78 is 0.972. The molecule has 5 nitrogen and oxygen atoms in total. The fourth-order valence-electron chi connectivity index (χ4n) is 2.91. The van der Waals surface area contributed by atoms with Gasteiger partial charge in [-0.15, -0.1) is 11.3 Å². The number of hydrogen-bond acceptors (Lipinski definition) is 4. The number of amides is 1. The van der Waals surface area contributed by atoms with Crippen LogP contribution in [-0.4, -0.2) is 39.5 Å². The first kappa shape index (κ1) is 14.0. The van der Waals surface area contributed by atoms with Crippen molar-refractivity contribution in [3.05, 3.63) is 29.3 Å². The van der Waals surface area contributed by atoms with Gasteiger partial charge in [-0.05, 0) is 38.0 Å². The molecule has 0 saturated carbocycles. The lowest BCUT2D eigenvalue weighted by Gasteiger charge is -2.37. The van der Waals surface area contributed by atoms with Gasteiger partial charge in [0.1, 0.15) is 0 Å². The number of rotatable bonds is 2. The number of benzene rings is 1. The molecule has 0 unspecified atom stereocenters. The molecule has 3 rings (SSSR count). The van der Waals surface area contributed by atoms with Gasteiger partial charge in [0, 0.05) is 18.2 Å². The van der Waals surface area contributed by atoms with Crippen LogP contribution in [0.25, 0.3) is 10.2 Å². The molecular formula is C15H16N2O3S. The molecule has 6 heteroatoms. The van der Waals surface area contributed by atoms with Gasteiger partial charge in [-0.2, -0.15) is 0 Å². The van der Waals surface area contributed by atoms with Gasteiger partial charge in [0.2, 0.25) is 0 Å². The molecule has 1 saturated heterocycles. The summed E-state index contributed by atoms with van der Waals surface area (Å²) in [5.74, 6) is -1.39. The number of hydrogen-bond donors (Lipinski definition) is 1. The number of carboxylic acid groups (broad SMARTS) is 1. The quantitative estimate of drug-likeness (QED) is 0.926. The van der Waals surface area contributed by atoms with Crippen molar-refractivity contribution in [3.63, 3.8) is 0 Å². The molecule has 0 bridgehead atoms. The zero-order valence-electron chi connectivity index (χ0n) is 11.7. The van der Waals surface area contributed by atoms with Gasteiger partial charge in [0.15, 0.2) is 0 Å². The molecule has 1 fully saturated rings. The summed E-state index contributed by atoms with van der Waals surface area (Å²) in [5, 5.41) is 9.25. The molecule has 21 heavy (non-hydrogen) atoms. The molecule has 1 N–H and O–H groups in total. The Hall–Kier alpha value is -1.95. The number of thiazole rings is 1. The van der Waals surface area contributed by atoms with Crippen molar-refractivity contribution in [2.24, 2.45) is 5.92 Å². The average Bonchev–Trinajstić information content (AvgIpc) is 2.93. The van der Waals surface area contributed by atoms with E-state index in [2.05, 4.69) is 4.98 Å². The number of fused-ring (bicyclic) bond motifs is 1. The van der Waals surface area contributed by atoms with Crippen LogP contribution in [0.1, 0.15) is 30.1 Å². The van der Waals surface area contributed by atoms with E-state index >= 15 is 0 Å². The first-order chi connectivity index (χ1) is 10.1. The number of likely N-dealkylation sites (tertiary alicyclic amines) is 1. The van der Waals surface area contributed by atoms with Crippen molar-refractivity contribution in [1.29, 1.82) is 0 Å². The maximum atomic E-state index is 12.7. The lowest BCUT2D eigenvalue weighted by atomic mass is 9.90. The second kappa shape index (κ2) is 5.44. The Labute approximate surface area is 126 Å². The van der Waals surface area contributed by atoms with E-state index in [1.165, 1.54) is 11.3 Å². The minimum Gasteiger partial charge on any atom is -0.481 e. The summed E-state index contributed by atoms with van der Waals surface area (Å²) in [7, 11) is 0. The SMILES string of the molecule is C[C@@H]1[C@H](C(=O)O)CCCN1C(=O)c1ccc2ncsc2c1. The van der Waals surface area contributed by atoms with Gasteiger partial charge >= 0.3 is 5.97 Å². The topological polar surface area (TPSA) is 70.5 Å². The highest BCUT2D eigenvalue weighted by Crippen LogP contribution is 2.26. The Balaban J connectivity index is 1.88. The number of carboxylic acids is 1. The second-order valence-corrected chi connectivity index (χ2v) is 6.25. The summed E-state index contributed by atoms with van der Waals surface area (Å²) in [6, 6.07) is 5.16. The van der Waals surface area contributed by atoms with E-state index < -0.39 is 11.9 Å². The van der Waals surface area contributed by atoms with Crippen molar-refractivity contribution >= 4 is 33.4 Å². The van der Waals surface area contributed by atoms with Crippen LogP contribution in [-0.2, 0) is 4.79 Å². The van der Waals surface area contributed by atoms with Crippen LogP contribution in [0.3, 0.4) is 0 Å². The molecule has 0 radical (unpaired) electrons. The molecule has 0 aliphatic carbocycles. The zero-order chi connectivity index (χ0) is 15.0. The second-order valence-electron chi connectivity index (χ2n) is 5.36. The predicted molar refractivity (Wildman–Crippen MR) is 80.5 cm³/mol. The average molecular weight is 304 g/mol. The maximum Gasteiger partial charge on any atom is 0.308 e. The zero-order valence-corrected chi connectivity index (χ0v) is 12.5. The highest BCUT2D eigenvalue weighted by atomic mass is 32.1. The fourth-order valence-corrected chi connectivity index (χ4v) is 3.63. The Bertz CT molecular complexity index is 697. The first-order valence-corrected chi connectivity index (χ1v) is 7.83. The van der Waals surface area contributed by atoms with Crippen LogP contribution >= 0.6 is 11.3 Å². The molecule has 1 aliphatic rings. The van der Waals surface area contributed by atoms with Crippen molar-refractivity contribution in [3.8, 4) is 0 Å². The molecule has 1 amide bonds. The van der Waals surface area contributed by atoms with E-state index in [9.17, 15) is 14.7 Å². The third-order valence-corrected chi connectivity index (χ3v) is 4.94. The number of aliphatic carboxylic acids is 1. The molecule has 1 aliphatic heterocycles. The molecule has 110 valence electrons. The molecule has 2 heterocycles. The standard InChI is InChI=1S/C15H16N2O3S/c1-9-11(15(19)20)3-2-6-17(9)14(18)10-4-5-12-13(7-10)21-8-16-12/h4-5,7-9,11H,2-3,6H2,1H3,(H,19,20)/t9-,11-/m1/s1. The van der Waals surface area contributed by atoms with Gasteiger partial charge in [0.25, 0.3) is 5.91 Å². The maximum absolute atomic E-state index is 12.7. The minimum absolute atomic E-state index is 0.0937. The highest BCUT2D eigenvalue weighted by molar-refractivity contribution is 7.16. The van der Waals surface area contributed by atoms with Gasteiger partial charge in [-0.25, -0.2) is 4.98 Å². The summed E-state index contributed by atoms with van der Waals surface area (Å²) in [4.78, 5) is 29.8. The van der Waals surface area contributed by atoms with E-state index in [4.69, 9.17) is 0 Å². The van der Waals surface area contributed by atoms with Crippen molar-refractivity contribution in [2.75, 3.05) is 6.54 Å². The fraction of sp³-hybridized carbons (Fsp3) is 0.400. The van der Waals surface area contributed by atoms with Crippen LogP contribution in [0.4, 0.5) is 0 Å². The van der Waals surface area contributed by atoms with E-state index in [1.54, 1.807) is 16.5 Å². The van der Waals surface area contributed by atoms with Crippen LogP contribution in [0, 0.1) is 5.92 Å². The third-order valence-electron chi connectivity index (χ3n) is 4.14. The van der Waals surface area contributed by atoms with E-state index in [0.717, 1.165) is 16.6 Å². The summed E-state index contributed by atoms with van der Waals surface area (Å²) >= 11 is 1.50. The number of carbonyl (C=O) groups excluding carboxylic acids is 1. The largest absolute Gasteiger partial charge is 0.481 e. The van der Waals surface area contributed by atoms with E-state index in [1.807, 2.05) is 19.1 Å². The lowest BCUT2D eigenvalue weighted by Crippen LogP contribution is -2.49. The van der Waals surface area contributed by atoms with Gasteiger partial charge < -0.3 is 10.0 Å². The van der Waals surface area contributed by atoms with Crippen LogP contribution in [0.5, 0.6) is 0 Å². The molecule has 0 spiro atoms. The lowest BCUT2D eigenvalue weighted by molar-refractivity contribution is -0.144. The highest BCUT2D eigenvalue weighted by Gasteiger charge is 2.35. The number of piperidine rings is 1. The number of carbonyl (C=O) groups is 2. The molecule has 1 aromatic carbocycles. The molecule has 2 aromatic rings. The smallest absolute Gasteiger partial charge is 0.308 e. The van der Waals surface area contributed by atoms with Crippen molar-refractivity contribution in [1.82, 2.24) is 9.88 Å². The van der Waals surface area contributed by atoms with Gasteiger partial charge in [-0.3, -0.25) is 9.59 Å². The number of nitrogens with zero attached hydrogens (tertiary/aromatic N) is 2. The predicted octanol–water partition coefficient (Wildman–Crippen LogP) is 2.62. The molecular weight excluding hydrogens is 288 g/mol. The Kier molecular flexibility index (Phi) is 3.63. The normalized spacial score (nSPS) is 22.4.